The maximum Gasteiger partial charge on any atom is 0.303 e. The van der Waals surface area contributed by atoms with Crippen LogP contribution in [0.15, 0.2) is 5.11 Å². The fourth-order valence-electron chi connectivity index (χ4n) is 2.27. The summed E-state index contributed by atoms with van der Waals surface area (Å²) in [5.41, 5.74) is 8.65. The normalized spacial score (nSPS) is 29.8. The van der Waals surface area contributed by atoms with Crippen molar-refractivity contribution in [3.05, 3.63) is 10.4 Å². The highest BCUT2D eigenvalue weighted by molar-refractivity contribution is 5.67. The molecule has 0 amide bonds. The van der Waals surface area contributed by atoms with Crippen LogP contribution in [0.4, 0.5) is 0 Å². The van der Waals surface area contributed by atoms with E-state index < -0.39 is 48.4 Å². The van der Waals surface area contributed by atoms with Crippen LogP contribution in [0.1, 0.15) is 27.7 Å². The van der Waals surface area contributed by atoms with Gasteiger partial charge in [0.2, 0.25) is 0 Å². The van der Waals surface area contributed by atoms with E-state index in [1.807, 2.05) is 0 Å². The fourth-order valence-corrected chi connectivity index (χ4v) is 2.27. The molecule has 0 aromatic heterocycles. The van der Waals surface area contributed by atoms with Crippen molar-refractivity contribution >= 4 is 17.9 Å². The lowest BCUT2D eigenvalue weighted by molar-refractivity contribution is -0.228. The maximum atomic E-state index is 11.3. The Morgan fingerprint density at radius 3 is 2.13 bits per heavy atom. The van der Waals surface area contributed by atoms with Gasteiger partial charge in [-0.15, -0.1) is 0 Å². The van der Waals surface area contributed by atoms with Gasteiger partial charge in [0.25, 0.3) is 0 Å². The van der Waals surface area contributed by atoms with Crippen molar-refractivity contribution < 1.29 is 33.3 Å². The van der Waals surface area contributed by atoms with E-state index in [1.165, 1.54) is 20.8 Å². The number of esters is 3. The molecule has 0 aromatic carbocycles. The molecular weight excluding hydrogens is 310 g/mol. The Morgan fingerprint density at radius 1 is 1.09 bits per heavy atom. The second kappa shape index (κ2) is 8.35. The molecule has 1 fully saturated rings. The number of nitrogens with zero attached hydrogens (tertiary/aromatic N) is 3. The zero-order chi connectivity index (χ0) is 17.6. The molecule has 0 saturated carbocycles. The van der Waals surface area contributed by atoms with E-state index in [9.17, 15) is 14.4 Å². The van der Waals surface area contributed by atoms with Gasteiger partial charge in [0.15, 0.2) is 12.3 Å². The van der Waals surface area contributed by atoms with Crippen LogP contribution in [-0.2, 0) is 33.3 Å². The molecule has 0 radical (unpaired) electrons. The van der Waals surface area contributed by atoms with Crippen molar-refractivity contribution in [2.24, 2.45) is 11.0 Å². The summed E-state index contributed by atoms with van der Waals surface area (Å²) < 4.78 is 20.8. The molecule has 1 saturated heterocycles. The summed E-state index contributed by atoms with van der Waals surface area (Å²) in [5, 5.41) is 3.44. The van der Waals surface area contributed by atoms with Gasteiger partial charge in [-0.2, -0.15) is 0 Å². The maximum absolute atomic E-state index is 11.3. The minimum atomic E-state index is -1.20. The van der Waals surface area contributed by atoms with Gasteiger partial charge >= 0.3 is 17.9 Å². The van der Waals surface area contributed by atoms with Crippen molar-refractivity contribution in [2.45, 2.75) is 52.2 Å². The topological polar surface area (TPSA) is 137 Å². The van der Waals surface area contributed by atoms with E-state index >= 15 is 0 Å². The largest absolute Gasteiger partial charge is 0.463 e. The summed E-state index contributed by atoms with van der Waals surface area (Å²) in [6.07, 6.45) is -3.88. The van der Waals surface area contributed by atoms with Gasteiger partial charge in [0, 0.05) is 31.6 Å². The highest BCUT2D eigenvalue weighted by Crippen LogP contribution is 2.31. The highest BCUT2D eigenvalue weighted by atomic mass is 16.6. The first kappa shape index (κ1) is 18.7. The van der Waals surface area contributed by atoms with Gasteiger partial charge in [-0.1, -0.05) is 12.0 Å². The summed E-state index contributed by atoms with van der Waals surface area (Å²) >= 11 is 0. The monoisotopic (exact) mass is 329 g/mol. The predicted octanol–water partition coefficient (Wildman–Crippen LogP) is 1.08. The third-order valence-electron chi connectivity index (χ3n) is 3.24. The average Bonchev–Trinajstić information content (AvgIpc) is 2.43. The average molecular weight is 329 g/mol. The van der Waals surface area contributed by atoms with E-state index in [2.05, 4.69) is 10.0 Å². The third-order valence-corrected chi connectivity index (χ3v) is 3.24. The molecule has 3 unspecified atom stereocenters. The molecule has 10 nitrogen and oxygen atoms in total. The molecule has 128 valence electrons. The van der Waals surface area contributed by atoms with Gasteiger partial charge in [0.1, 0.15) is 12.7 Å². The van der Waals surface area contributed by atoms with Crippen LogP contribution >= 0.6 is 0 Å². The molecule has 0 aliphatic carbocycles. The zero-order valence-electron chi connectivity index (χ0n) is 13.3. The Balaban J connectivity index is 3.06. The predicted molar refractivity (Wildman–Crippen MR) is 74.7 cm³/mol. The summed E-state index contributed by atoms with van der Waals surface area (Å²) in [6, 6.07) is 0. The Labute approximate surface area is 132 Å². The van der Waals surface area contributed by atoms with Crippen molar-refractivity contribution in [1.29, 1.82) is 0 Å². The van der Waals surface area contributed by atoms with E-state index in [1.54, 1.807) is 6.92 Å². The molecule has 23 heavy (non-hydrogen) atoms. The number of carbonyl (C=O) groups is 3. The van der Waals surface area contributed by atoms with Crippen molar-refractivity contribution in [3.8, 4) is 0 Å². The van der Waals surface area contributed by atoms with Gasteiger partial charge < -0.3 is 18.9 Å². The summed E-state index contributed by atoms with van der Waals surface area (Å²) in [7, 11) is 0. The summed E-state index contributed by atoms with van der Waals surface area (Å²) in [4.78, 5) is 36.2. The Kier molecular flexibility index (Phi) is 6.80. The smallest absolute Gasteiger partial charge is 0.303 e. The molecule has 1 heterocycles. The number of hydrogen-bond donors (Lipinski definition) is 0. The molecule has 0 aromatic rings. The highest BCUT2D eigenvalue weighted by Gasteiger charge is 2.47. The van der Waals surface area contributed by atoms with Crippen LogP contribution < -0.4 is 0 Å². The number of ether oxygens (including phenoxy) is 4. The van der Waals surface area contributed by atoms with Crippen LogP contribution in [-0.4, -0.2) is 49.1 Å². The SMILES string of the molecule is CC(=O)OCC1O[C@H](N=[N+]=[N-])C(OC(C)=O)C(OC(C)=O)[C@H]1C. The molecule has 0 N–H and O–H groups in total. The first-order chi connectivity index (χ1) is 10.8. The van der Waals surface area contributed by atoms with E-state index in [0.29, 0.717) is 0 Å². The van der Waals surface area contributed by atoms with Crippen molar-refractivity contribution in [3.63, 3.8) is 0 Å². The van der Waals surface area contributed by atoms with Crippen LogP contribution in [0.25, 0.3) is 10.4 Å². The lowest BCUT2D eigenvalue weighted by Crippen LogP contribution is -2.56. The van der Waals surface area contributed by atoms with Crippen LogP contribution in [0, 0.1) is 5.92 Å². The minimum Gasteiger partial charge on any atom is -0.463 e. The lowest BCUT2D eigenvalue weighted by Gasteiger charge is -2.42. The molecular formula is C13H19N3O7. The Hall–Kier alpha value is -2.32. The van der Waals surface area contributed by atoms with Crippen LogP contribution in [0.2, 0.25) is 0 Å². The Bertz CT molecular complexity index is 518. The number of carbonyl (C=O) groups excluding carboxylic acids is 3. The lowest BCUT2D eigenvalue weighted by atomic mass is 9.90. The first-order valence-corrected chi connectivity index (χ1v) is 6.93. The van der Waals surface area contributed by atoms with Crippen LogP contribution in [0.5, 0.6) is 0 Å². The molecule has 10 heteroatoms. The summed E-state index contributed by atoms with van der Waals surface area (Å²) in [6.45, 7) is 5.19. The molecule has 1 aliphatic rings. The Morgan fingerprint density at radius 2 is 1.65 bits per heavy atom. The number of azide groups is 1. The molecule has 1 aliphatic heterocycles. The number of hydrogen-bond acceptors (Lipinski definition) is 8. The van der Waals surface area contributed by atoms with Crippen LogP contribution in [0.3, 0.4) is 0 Å². The molecule has 0 bridgehead atoms. The van der Waals surface area contributed by atoms with Gasteiger partial charge in [-0.3, -0.25) is 14.4 Å². The summed E-state index contributed by atoms with van der Waals surface area (Å²) in [5.74, 6) is -2.20. The third kappa shape index (κ3) is 5.42. The zero-order valence-corrected chi connectivity index (χ0v) is 13.3. The number of rotatable bonds is 5. The fraction of sp³-hybridized carbons (Fsp3) is 0.769. The van der Waals surface area contributed by atoms with Crippen molar-refractivity contribution in [1.82, 2.24) is 0 Å². The van der Waals surface area contributed by atoms with Crippen molar-refractivity contribution in [2.75, 3.05) is 6.61 Å². The standard InChI is InChI=1S/C13H19N3O7/c1-6-10(5-20-7(2)17)23-13(15-16-14)12(22-9(4)19)11(6)21-8(3)18/h6,10-13H,5H2,1-4H3/t6-,10?,11?,12?,13-/m0/s1. The minimum absolute atomic E-state index is 0.113. The second-order valence-electron chi connectivity index (χ2n) is 5.08. The van der Waals surface area contributed by atoms with Gasteiger partial charge in [-0.05, 0) is 5.53 Å². The quantitative estimate of drug-likeness (QED) is 0.242. The van der Waals surface area contributed by atoms with E-state index in [0.717, 1.165) is 0 Å². The van der Waals surface area contributed by atoms with E-state index in [4.69, 9.17) is 24.5 Å². The first-order valence-electron chi connectivity index (χ1n) is 6.93. The molecule has 0 spiro atoms. The van der Waals surface area contributed by atoms with E-state index in [-0.39, 0.29) is 6.61 Å². The molecule has 5 atom stereocenters. The van der Waals surface area contributed by atoms with Gasteiger partial charge in [-0.25, -0.2) is 0 Å². The second-order valence-corrected chi connectivity index (χ2v) is 5.08. The molecule has 1 rings (SSSR count). The van der Waals surface area contributed by atoms with Gasteiger partial charge in [0.05, 0.1) is 6.10 Å².